The summed E-state index contributed by atoms with van der Waals surface area (Å²) in [6, 6.07) is 6.65. The molecule has 0 aromatic carbocycles. The van der Waals surface area contributed by atoms with E-state index in [1.807, 2.05) is 0 Å². The highest BCUT2D eigenvalue weighted by Gasteiger charge is 2.07. The minimum atomic E-state index is 1.18. The molecule has 0 amide bonds. The van der Waals surface area contributed by atoms with Crippen LogP contribution in [0.15, 0.2) is 24.4 Å². The van der Waals surface area contributed by atoms with Crippen LogP contribution < -0.4 is 4.57 Å². The van der Waals surface area contributed by atoms with Gasteiger partial charge in [-0.1, -0.05) is 71.3 Å². The SMILES string of the molecule is CCCCCCCCCCc1cccc[n+]1CCCC. The largest absolute Gasteiger partial charge is 0.202 e. The van der Waals surface area contributed by atoms with E-state index < -0.39 is 0 Å². The van der Waals surface area contributed by atoms with Gasteiger partial charge in [0.25, 0.3) is 0 Å². The average Bonchev–Trinajstić information content (AvgIpc) is 2.49. The third-order valence-corrected chi connectivity index (χ3v) is 4.07. The Balaban J connectivity index is 2.15. The second-order valence-corrected chi connectivity index (χ2v) is 5.96. The van der Waals surface area contributed by atoms with Crippen molar-refractivity contribution in [2.75, 3.05) is 0 Å². The molecule has 0 saturated carbocycles. The molecule has 1 aromatic heterocycles. The lowest BCUT2D eigenvalue weighted by Crippen LogP contribution is -2.37. The Morgan fingerprint density at radius 2 is 1.40 bits per heavy atom. The van der Waals surface area contributed by atoms with Crippen LogP contribution in [-0.2, 0) is 13.0 Å². The van der Waals surface area contributed by atoms with Gasteiger partial charge in [0.15, 0.2) is 11.9 Å². The maximum absolute atomic E-state index is 2.45. The Kier molecular flexibility index (Phi) is 10.3. The molecule has 0 aliphatic carbocycles. The number of aryl methyl sites for hydroxylation is 2. The number of aromatic nitrogens is 1. The summed E-state index contributed by atoms with van der Waals surface area (Å²) in [6.45, 7) is 5.74. The third kappa shape index (κ3) is 7.67. The Hall–Kier alpha value is -0.850. The molecule has 0 atom stereocenters. The molecule has 1 rings (SSSR count). The number of nitrogens with zero attached hydrogens (tertiary/aromatic N) is 1. The highest BCUT2D eigenvalue weighted by molar-refractivity contribution is 4.97. The number of pyridine rings is 1. The van der Waals surface area contributed by atoms with Gasteiger partial charge in [0.2, 0.25) is 0 Å². The lowest BCUT2D eigenvalue weighted by molar-refractivity contribution is -0.704. The van der Waals surface area contributed by atoms with Gasteiger partial charge < -0.3 is 0 Å². The van der Waals surface area contributed by atoms with Crippen molar-refractivity contribution in [3.05, 3.63) is 30.1 Å². The summed E-state index contributed by atoms with van der Waals surface area (Å²) in [6.07, 6.45) is 17.3. The van der Waals surface area contributed by atoms with Crippen molar-refractivity contribution in [1.82, 2.24) is 0 Å². The smallest absolute Gasteiger partial charge is 0.181 e. The fourth-order valence-electron chi connectivity index (χ4n) is 2.73. The van der Waals surface area contributed by atoms with Crippen molar-refractivity contribution in [2.45, 2.75) is 91.0 Å². The average molecular weight is 276 g/mol. The van der Waals surface area contributed by atoms with E-state index in [0.717, 1.165) is 0 Å². The van der Waals surface area contributed by atoms with Gasteiger partial charge in [-0.2, -0.15) is 0 Å². The van der Waals surface area contributed by atoms with Gasteiger partial charge in [-0.3, -0.25) is 0 Å². The number of unbranched alkanes of at least 4 members (excludes halogenated alkanes) is 8. The van der Waals surface area contributed by atoms with Gasteiger partial charge in [0.1, 0.15) is 6.54 Å². The first-order chi connectivity index (χ1) is 9.88. The van der Waals surface area contributed by atoms with E-state index in [4.69, 9.17) is 0 Å². The molecule has 0 aliphatic rings. The molecule has 0 spiro atoms. The van der Waals surface area contributed by atoms with Crippen LogP contribution in [0, 0.1) is 0 Å². The van der Waals surface area contributed by atoms with Crippen molar-refractivity contribution in [3.63, 3.8) is 0 Å². The van der Waals surface area contributed by atoms with E-state index in [1.165, 1.54) is 82.9 Å². The monoisotopic (exact) mass is 276 g/mol. The molecule has 0 saturated heterocycles. The molecule has 1 nitrogen and oxygen atoms in total. The van der Waals surface area contributed by atoms with Crippen LogP contribution in [0.4, 0.5) is 0 Å². The fraction of sp³-hybridized carbons (Fsp3) is 0.737. The molecule has 114 valence electrons. The van der Waals surface area contributed by atoms with Gasteiger partial charge in [-0.25, -0.2) is 4.57 Å². The van der Waals surface area contributed by atoms with E-state index in [9.17, 15) is 0 Å². The predicted molar refractivity (Wildman–Crippen MR) is 87.9 cm³/mol. The van der Waals surface area contributed by atoms with E-state index in [2.05, 4.69) is 42.8 Å². The first-order valence-electron chi connectivity index (χ1n) is 8.85. The van der Waals surface area contributed by atoms with Crippen molar-refractivity contribution in [2.24, 2.45) is 0 Å². The minimum absolute atomic E-state index is 1.18. The zero-order valence-corrected chi connectivity index (χ0v) is 13.7. The van der Waals surface area contributed by atoms with Gasteiger partial charge in [0.05, 0.1) is 0 Å². The normalized spacial score (nSPS) is 10.9. The zero-order valence-electron chi connectivity index (χ0n) is 13.7. The summed E-state index contributed by atoms with van der Waals surface area (Å²) in [5.41, 5.74) is 1.52. The molecule has 0 fully saturated rings. The maximum atomic E-state index is 2.45. The Morgan fingerprint density at radius 3 is 2.10 bits per heavy atom. The Labute approximate surface area is 126 Å². The van der Waals surface area contributed by atoms with E-state index in [-0.39, 0.29) is 0 Å². The molecule has 0 unspecified atom stereocenters. The van der Waals surface area contributed by atoms with Crippen molar-refractivity contribution < 1.29 is 4.57 Å². The lowest BCUT2D eigenvalue weighted by Gasteiger charge is -2.04. The molecular formula is C19H34N+. The molecule has 0 N–H and O–H groups in total. The van der Waals surface area contributed by atoms with Gasteiger partial charge in [-0.15, -0.1) is 0 Å². The van der Waals surface area contributed by atoms with Crippen molar-refractivity contribution >= 4 is 0 Å². The van der Waals surface area contributed by atoms with Gasteiger partial charge in [-0.05, 0) is 6.42 Å². The van der Waals surface area contributed by atoms with E-state index in [1.54, 1.807) is 0 Å². The second kappa shape index (κ2) is 11.9. The molecule has 0 bridgehead atoms. The zero-order chi connectivity index (χ0) is 14.5. The number of hydrogen-bond donors (Lipinski definition) is 0. The molecular weight excluding hydrogens is 242 g/mol. The summed E-state index contributed by atoms with van der Waals surface area (Å²) in [4.78, 5) is 0. The highest BCUT2D eigenvalue weighted by Crippen LogP contribution is 2.10. The second-order valence-electron chi connectivity index (χ2n) is 5.96. The minimum Gasteiger partial charge on any atom is -0.202 e. The van der Waals surface area contributed by atoms with Crippen LogP contribution in [0.2, 0.25) is 0 Å². The first kappa shape index (κ1) is 17.2. The van der Waals surface area contributed by atoms with Crippen LogP contribution in [0.5, 0.6) is 0 Å². The third-order valence-electron chi connectivity index (χ3n) is 4.07. The summed E-state index contributed by atoms with van der Waals surface area (Å²) in [7, 11) is 0. The van der Waals surface area contributed by atoms with E-state index >= 15 is 0 Å². The molecule has 0 aliphatic heterocycles. The van der Waals surface area contributed by atoms with Crippen LogP contribution in [0.25, 0.3) is 0 Å². The molecule has 1 aromatic rings. The van der Waals surface area contributed by atoms with Crippen LogP contribution in [0.1, 0.15) is 83.7 Å². The quantitative estimate of drug-likeness (QED) is 0.353. The highest BCUT2D eigenvalue weighted by atomic mass is 14.9. The van der Waals surface area contributed by atoms with Gasteiger partial charge >= 0.3 is 0 Å². The first-order valence-corrected chi connectivity index (χ1v) is 8.85. The summed E-state index contributed by atoms with van der Waals surface area (Å²) >= 11 is 0. The number of rotatable bonds is 12. The lowest BCUT2D eigenvalue weighted by atomic mass is 10.1. The topological polar surface area (TPSA) is 3.88 Å². The van der Waals surface area contributed by atoms with Crippen LogP contribution >= 0.6 is 0 Å². The van der Waals surface area contributed by atoms with Crippen LogP contribution in [0.3, 0.4) is 0 Å². The van der Waals surface area contributed by atoms with Gasteiger partial charge in [0, 0.05) is 25.0 Å². The summed E-state index contributed by atoms with van der Waals surface area (Å²) < 4.78 is 2.45. The van der Waals surface area contributed by atoms with Crippen LogP contribution in [-0.4, -0.2) is 0 Å². The molecule has 1 heterocycles. The Bertz CT molecular complexity index is 332. The molecule has 20 heavy (non-hydrogen) atoms. The van der Waals surface area contributed by atoms with Crippen molar-refractivity contribution in [1.29, 1.82) is 0 Å². The summed E-state index contributed by atoms with van der Waals surface area (Å²) in [5, 5.41) is 0. The van der Waals surface area contributed by atoms with Crippen molar-refractivity contribution in [3.8, 4) is 0 Å². The predicted octanol–water partition coefficient (Wildman–Crippen LogP) is 5.46. The van der Waals surface area contributed by atoms with E-state index in [0.29, 0.717) is 0 Å². The molecule has 1 heteroatoms. The maximum Gasteiger partial charge on any atom is 0.181 e. The molecule has 0 radical (unpaired) electrons. The Morgan fingerprint density at radius 1 is 0.750 bits per heavy atom. The fourth-order valence-corrected chi connectivity index (χ4v) is 2.73. The number of hydrogen-bond acceptors (Lipinski definition) is 0. The standard InChI is InChI=1S/C19H34N/c1-3-5-7-8-9-10-11-12-15-19-16-13-14-18-20(19)17-6-4-2/h13-14,16,18H,3-12,15,17H2,1-2H3/q+1. The summed E-state index contributed by atoms with van der Waals surface area (Å²) in [5.74, 6) is 0.